The van der Waals surface area contributed by atoms with E-state index in [9.17, 15) is 19.1 Å². The average molecular weight is 727 g/mol. The van der Waals surface area contributed by atoms with Crippen LogP contribution in [-0.4, -0.2) is 52.4 Å². The third-order valence-corrected chi connectivity index (χ3v) is 14.7. The van der Waals surface area contributed by atoms with Crippen LogP contribution in [0.3, 0.4) is 0 Å². The highest BCUT2D eigenvalue weighted by Gasteiger charge is 2.51. The van der Waals surface area contributed by atoms with Gasteiger partial charge in [0.15, 0.2) is 0 Å². The number of carbonyl (C=O) groups is 2. The van der Waals surface area contributed by atoms with Crippen molar-refractivity contribution in [3.63, 3.8) is 0 Å². The quantitative estimate of drug-likeness (QED) is 0.273. The molecule has 3 aromatic carbocycles. The number of ether oxygens (including phenoxy) is 1. The van der Waals surface area contributed by atoms with Crippen molar-refractivity contribution in [1.29, 1.82) is 5.26 Å². The Labute approximate surface area is 307 Å². The van der Waals surface area contributed by atoms with E-state index in [2.05, 4.69) is 39.0 Å². The van der Waals surface area contributed by atoms with Crippen molar-refractivity contribution in [3.05, 3.63) is 94.0 Å². The van der Waals surface area contributed by atoms with Crippen molar-refractivity contribution in [2.45, 2.75) is 81.4 Å². The zero-order valence-corrected chi connectivity index (χ0v) is 31.0. The van der Waals surface area contributed by atoms with E-state index in [1.54, 1.807) is 18.2 Å². The van der Waals surface area contributed by atoms with E-state index in [4.69, 9.17) is 16.3 Å². The Kier molecular flexibility index (Phi) is 9.62. The van der Waals surface area contributed by atoms with Crippen LogP contribution in [0.4, 0.5) is 5.69 Å². The van der Waals surface area contributed by atoms with Crippen LogP contribution < -0.4 is 19.7 Å². The second kappa shape index (κ2) is 13.9. The molecule has 2 N–H and O–H groups in total. The van der Waals surface area contributed by atoms with E-state index in [-0.39, 0.29) is 29.1 Å². The van der Waals surface area contributed by atoms with E-state index in [0.717, 1.165) is 42.8 Å². The Balaban J connectivity index is 1.32. The third-order valence-electron chi connectivity index (χ3n) is 12.3. The maximum absolute atomic E-state index is 14.0. The Morgan fingerprint density at radius 2 is 1.88 bits per heavy atom. The number of amides is 2. The van der Waals surface area contributed by atoms with Gasteiger partial charge in [-0.1, -0.05) is 42.8 Å². The molecule has 0 aromatic heterocycles. The standard InChI is InChI=1S/C41H47ClN4O4S/c1-27-9-7-20-41(24-43,44-38(47)29-10-5-4-6-11-29)35-16-13-32(35)23-46-25-40(19-8-12-30-21-33(42)15-17-34(30)40)26-50-37-18-14-31(22-36(37)46)39(48)45-51(3,49)28(27)2/h4-6,10-11,14-15,17-18,21-22,27-28,32,35H,3,7-9,12-13,16,19-20,23,25-26H2,1-2H3,(H,44,47)(H,45,48,49)/t27-,28+,32-,35+,40-,41-,51?/m0/s1. The Morgan fingerprint density at radius 1 is 1.08 bits per heavy atom. The van der Waals surface area contributed by atoms with Gasteiger partial charge in [0, 0.05) is 45.8 Å². The maximum Gasteiger partial charge on any atom is 0.262 e. The van der Waals surface area contributed by atoms with Crippen molar-refractivity contribution in [3.8, 4) is 11.8 Å². The molecule has 2 heterocycles. The van der Waals surface area contributed by atoms with Crippen LogP contribution in [0.5, 0.6) is 5.75 Å². The Hall–Kier alpha value is -4.00. The lowest BCUT2D eigenvalue weighted by Crippen LogP contribution is -2.60. The SMILES string of the molecule is C=S1(=O)NC(=O)c2ccc3c(c2)N(C[C@@H]2CC[C@H]2[C@](C#N)(NC(=O)c2ccccc2)CCC[C@H](C)[C@H]1C)C[C@@]1(CCCc2cc(Cl)ccc21)CO3. The van der Waals surface area contributed by atoms with Gasteiger partial charge >= 0.3 is 0 Å². The number of fused-ring (bicyclic) bond motifs is 4. The first kappa shape index (κ1) is 35.4. The minimum absolute atomic E-state index is 0.0537. The van der Waals surface area contributed by atoms with Crippen molar-refractivity contribution >= 4 is 44.7 Å². The van der Waals surface area contributed by atoms with Gasteiger partial charge in [-0.3, -0.25) is 14.3 Å². The summed E-state index contributed by atoms with van der Waals surface area (Å²) in [5.41, 5.74) is 2.78. The third kappa shape index (κ3) is 6.73. The van der Waals surface area contributed by atoms with Gasteiger partial charge in [-0.05, 0) is 130 Å². The van der Waals surface area contributed by atoms with Gasteiger partial charge in [-0.25, -0.2) is 4.21 Å². The molecule has 1 fully saturated rings. The minimum Gasteiger partial charge on any atom is -0.490 e. The molecule has 8 nitrogen and oxygen atoms in total. The number of nitriles is 1. The van der Waals surface area contributed by atoms with Gasteiger partial charge in [0.2, 0.25) is 0 Å². The van der Waals surface area contributed by atoms with Crippen molar-refractivity contribution in [2.24, 2.45) is 17.8 Å². The molecular formula is C41H47ClN4O4S. The predicted molar refractivity (Wildman–Crippen MR) is 204 cm³/mol. The molecule has 2 aliphatic heterocycles. The molecule has 2 aliphatic carbocycles. The number of nitrogens with one attached hydrogen (secondary N) is 2. The predicted octanol–water partition coefficient (Wildman–Crippen LogP) is 7.10. The number of halogens is 1. The summed E-state index contributed by atoms with van der Waals surface area (Å²) >= 11 is 6.47. The van der Waals surface area contributed by atoms with E-state index in [1.807, 2.05) is 50.2 Å². The summed E-state index contributed by atoms with van der Waals surface area (Å²) in [6, 6.07) is 23.3. The molecule has 7 atom stereocenters. The summed E-state index contributed by atoms with van der Waals surface area (Å²) in [4.78, 5) is 29.8. The summed E-state index contributed by atoms with van der Waals surface area (Å²) in [7, 11) is -3.02. The lowest BCUT2D eigenvalue weighted by molar-refractivity contribution is 0.0641. The van der Waals surface area contributed by atoms with Gasteiger partial charge < -0.3 is 15.0 Å². The lowest BCUT2D eigenvalue weighted by Gasteiger charge is -2.50. The van der Waals surface area contributed by atoms with Crippen molar-refractivity contribution < 1.29 is 18.5 Å². The number of nitrogens with zero attached hydrogens (tertiary/aromatic N) is 2. The molecule has 0 radical (unpaired) electrons. The number of benzene rings is 3. The summed E-state index contributed by atoms with van der Waals surface area (Å²) in [6.07, 6.45) is 6.39. The fourth-order valence-corrected chi connectivity index (χ4v) is 10.7. The first-order chi connectivity index (χ1) is 24.4. The number of carbonyl (C=O) groups excluding carboxylic acids is 2. The van der Waals surface area contributed by atoms with E-state index >= 15 is 0 Å². The zero-order valence-electron chi connectivity index (χ0n) is 29.5. The number of aryl methyl sites for hydroxylation is 1. The molecule has 7 rings (SSSR count). The lowest BCUT2D eigenvalue weighted by atomic mass is 9.61. The van der Waals surface area contributed by atoms with Crippen LogP contribution in [0.25, 0.3) is 0 Å². The molecule has 268 valence electrons. The zero-order chi connectivity index (χ0) is 36.0. The molecule has 2 amide bonds. The first-order valence-corrected chi connectivity index (χ1v) is 20.4. The topological polar surface area (TPSA) is 112 Å². The largest absolute Gasteiger partial charge is 0.490 e. The monoisotopic (exact) mass is 726 g/mol. The second-order valence-electron chi connectivity index (χ2n) is 15.4. The molecule has 1 spiro atoms. The molecular weight excluding hydrogens is 680 g/mol. The normalized spacial score (nSPS) is 32.1. The molecule has 1 saturated carbocycles. The molecule has 10 heteroatoms. The number of hydrogen-bond donors (Lipinski definition) is 2. The van der Waals surface area contributed by atoms with Gasteiger partial charge in [0.05, 0.1) is 28.1 Å². The summed E-state index contributed by atoms with van der Waals surface area (Å²) in [5.74, 6) is 3.98. The Morgan fingerprint density at radius 3 is 2.63 bits per heavy atom. The molecule has 2 bridgehead atoms. The van der Waals surface area contributed by atoms with Crippen LogP contribution in [0.1, 0.15) is 90.6 Å². The summed E-state index contributed by atoms with van der Waals surface area (Å²) in [6.45, 7) is 5.63. The fourth-order valence-electron chi connectivity index (χ4n) is 8.97. The first-order valence-electron chi connectivity index (χ1n) is 18.2. The van der Waals surface area contributed by atoms with Crippen LogP contribution in [0.15, 0.2) is 66.7 Å². The van der Waals surface area contributed by atoms with Crippen LogP contribution in [0, 0.1) is 29.1 Å². The molecule has 1 unspecified atom stereocenters. The average Bonchev–Trinajstić information content (AvgIpc) is 3.25. The van der Waals surface area contributed by atoms with E-state index in [0.29, 0.717) is 55.8 Å². The minimum atomic E-state index is -3.02. The van der Waals surface area contributed by atoms with E-state index < -0.39 is 26.4 Å². The summed E-state index contributed by atoms with van der Waals surface area (Å²) < 4.78 is 23.4. The molecule has 3 aromatic rings. The van der Waals surface area contributed by atoms with Crippen LogP contribution in [0.2, 0.25) is 5.02 Å². The Bertz CT molecular complexity index is 1980. The van der Waals surface area contributed by atoms with Gasteiger partial charge in [0.1, 0.15) is 11.3 Å². The smallest absolute Gasteiger partial charge is 0.262 e. The molecule has 51 heavy (non-hydrogen) atoms. The van der Waals surface area contributed by atoms with Crippen LogP contribution >= 0.6 is 11.6 Å². The number of hydrogen-bond acceptors (Lipinski definition) is 6. The van der Waals surface area contributed by atoms with Crippen molar-refractivity contribution in [1.82, 2.24) is 10.0 Å². The highest BCUT2D eigenvalue weighted by atomic mass is 35.5. The highest BCUT2D eigenvalue weighted by molar-refractivity contribution is 7.99. The number of rotatable bonds is 2. The fraction of sp³-hybridized carbons (Fsp3) is 0.463. The summed E-state index contributed by atoms with van der Waals surface area (Å²) in [5, 5.41) is 14.6. The van der Waals surface area contributed by atoms with Crippen LogP contribution in [-0.2, 0) is 21.5 Å². The van der Waals surface area contributed by atoms with Gasteiger partial charge in [0.25, 0.3) is 11.8 Å². The maximum atomic E-state index is 14.0. The highest BCUT2D eigenvalue weighted by Crippen LogP contribution is 2.49. The van der Waals surface area contributed by atoms with Gasteiger partial charge in [-0.15, -0.1) is 0 Å². The molecule has 4 aliphatic rings. The van der Waals surface area contributed by atoms with Gasteiger partial charge in [-0.2, -0.15) is 5.26 Å². The molecule has 0 saturated heterocycles. The number of anilines is 1. The second-order valence-corrected chi connectivity index (χ2v) is 18.2. The van der Waals surface area contributed by atoms with Crippen molar-refractivity contribution in [2.75, 3.05) is 24.6 Å². The van der Waals surface area contributed by atoms with E-state index in [1.165, 1.54) is 11.1 Å².